The minimum Gasteiger partial charge on any atom is -0.394 e. The number of aliphatic hydroxyl groups is 1. The minimum atomic E-state index is -0.353. The van der Waals surface area contributed by atoms with Crippen molar-refractivity contribution in [3.05, 3.63) is 48.3 Å². The number of carbonyl (C=O) groups is 2. The molecule has 1 fully saturated rings. The first-order valence-corrected chi connectivity index (χ1v) is 8.75. The van der Waals surface area contributed by atoms with E-state index in [9.17, 15) is 14.7 Å². The van der Waals surface area contributed by atoms with E-state index in [0.717, 1.165) is 29.6 Å². The average molecular weight is 356 g/mol. The molecule has 5 N–H and O–H groups in total. The summed E-state index contributed by atoms with van der Waals surface area (Å²) in [5.41, 5.74) is 2.23. The summed E-state index contributed by atoms with van der Waals surface area (Å²) in [6.07, 6.45) is 1.58. The van der Waals surface area contributed by atoms with Crippen LogP contribution in [0.3, 0.4) is 0 Å². The Morgan fingerprint density at radius 3 is 2.85 bits per heavy atom. The Morgan fingerprint density at radius 1 is 1.35 bits per heavy atom. The van der Waals surface area contributed by atoms with Crippen molar-refractivity contribution >= 4 is 22.7 Å². The van der Waals surface area contributed by atoms with Crippen LogP contribution in [0.15, 0.2) is 42.6 Å². The number of carbonyl (C=O) groups excluding carboxylic acids is 2. The fraction of sp³-hybridized carbons (Fsp3) is 0.368. The van der Waals surface area contributed by atoms with Crippen LogP contribution in [0.1, 0.15) is 23.3 Å². The molecular formula is C19H24N4O3. The van der Waals surface area contributed by atoms with Gasteiger partial charge in [0.2, 0.25) is 5.91 Å². The van der Waals surface area contributed by atoms with Gasteiger partial charge in [-0.3, -0.25) is 9.59 Å². The van der Waals surface area contributed by atoms with Crippen LogP contribution in [0.5, 0.6) is 0 Å². The lowest BCUT2D eigenvalue weighted by molar-refractivity contribution is -0.121. The van der Waals surface area contributed by atoms with Gasteiger partial charge in [0.15, 0.2) is 0 Å². The highest BCUT2D eigenvalue weighted by molar-refractivity contribution is 5.99. The number of allylic oxidation sites excluding steroid dienone is 1. The van der Waals surface area contributed by atoms with E-state index in [1.807, 2.05) is 24.3 Å². The zero-order valence-electron chi connectivity index (χ0n) is 14.5. The molecule has 2 amide bonds. The quantitative estimate of drug-likeness (QED) is 0.508. The summed E-state index contributed by atoms with van der Waals surface area (Å²) in [5.74, 6) is -0.427. The molecule has 2 unspecified atom stereocenters. The molecule has 0 aliphatic carbocycles. The molecule has 1 aromatic carbocycles. The highest BCUT2D eigenvalue weighted by Gasteiger charge is 2.23. The number of hydrogen-bond acceptors (Lipinski definition) is 4. The van der Waals surface area contributed by atoms with Gasteiger partial charge in [0, 0.05) is 29.1 Å². The summed E-state index contributed by atoms with van der Waals surface area (Å²) in [7, 11) is 0. The van der Waals surface area contributed by atoms with Crippen LogP contribution in [0.2, 0.25) is 0 Å². The molecule has 7 nitrogen and oxygen atoms in total. The maximum Gasteiger partial charge on any atom is 0.268 e. The molecule has 0 radical (unpaired) electrons. The van der Waals surface area contributed by atoms with Gasteiger partial charge in [0.25, 0.3) is 5.91 Å². The first-order valence-electron chi connectivity index (χ1n) is 8.75. The molecular weight excluding hydrogens is 332 g/mol. The van der Waals surface area contributed by atoms with Gasteiger partial charge in [-0.05, 0) is 25.0 Å². The number of aromatic amines is 1. The second kappa shape index (κ2) is 8.05. The summed E-state index contributed by atoms with van der Waals surface area (Å²) in [5, 5.41) is 19.0. The van der Waals surface area contributed by atoms with Gasteiger partial charge in [-0.25, -0.2) is 0 Å². The summed E-state index contributed by atoms with van der Waals surface area (Å²) < 4.78 is 0. The summed E-state index contributed by atoms with van der Waals surface area (Å²) in [4.78, 5) is 27.3. The highest BCUT2D eigenvalue weighted by Crippen LogP contribution is 2.22. The molecule has 1 saturated heterocycles. The van der Waals surface area contributed by atoms with Crippen LogP contribution in [-0.4, -0.2) is 47.6 Å². The smallest absolute Gasteiger partial charge is 0.268 e. The molecule has 1 aliphatic rings. The number of fused-ring (bicyclic) bond motifs is 1. The first-order chi connectivity index (χ1) is 12.6. The number of aliphatic hydroxyl groups excluding tert-OH is 1. The van der Waals surface area contributed by atoms with Crippen LogP contribution in [-0.2, 0) is 4.79 Å². The lowest BCUT2D eigenvalue weighted by Crippen LogP contribution is -2.44. The number of rotatable bonds is 7. The molecule has 0 bridgehead atoms. The summed E-state index contributed by atoms with van der Waals surface area (Å²) >= 11 is 0. The van der Waals surface area contributed by atoms with Gasteiger partial charge in [0.05, 0.1) is 19.2 Å². The van der Waals surface area contributed by atoms with Crippen molar-refractivity contribution in [3.8, 4) is 0 Å². The monoisotopic (exact) mass is 356 g/mol. The van der Waals surface area contributed by atoms with Crippen molar-refractivity contribution < 1.29 is 14.7 Å². The van der Waals surface area contributed by atoms with Crippen molar-refractivity contribution in [1.82, 2.24) is 20.9 Å². The third-order valence-electron chi connectivity index (χ3n) is 4.68. The number of nitrogens with one attached hydrogen (secondary N) is 4. The van der Waals surface area contributed by atoms with Crippen LogP contribution >= 0.6 is 0 Å². The number of para-hydroxylation sites is 1. The van der Waals surface area contributed by atoms with E-state index in [-0.39, 0.29) is 36.9 Å². The second-order valence-corrected chi connectivity index (χ2v) is 6.57. The normalized spacial score (nSPS) is 17.7. The third kappa shape index (κ3) is 4.23. The SMILES string of the molecule is C=C1NCCC1CC(CO)NC(=O)CNC(=O)c1cc2ccccc2[nH]1. The highest BCUT2D eigenvalue weighted by atomic mass is 16.3. The van der Waals surface area contributed by atoms with E-state index in [1.165, 1.54) is 0 Å². The molecule has 3 rings (SSSR count). The maximum atomic E-state index is 12.2. The van der Waals surface area contributed by atoms with Crippen LogP contribution in [0.4, 0.5) is 0 Å². The molecule has 0 spiro atoms. The molecule has 26 heavy (non-hydrogen) atoms. The molecule has 2 aromatic rings. The standard InChI is InChI=1S/C19H24N4O3/c1-12-13(6-7-20-12)8-15(11-24)22-18(25)10-21-19(26)17-9-14-4-2-3-5-16(14)23-17/h2-5,9,13,15,20,23-24H,1,6-8,10-11H2,(H,21,26)(H,22,25). The number of amides is 2. The average Bonchev–Trinajstić information content (AvgIpc) is 3.25. The Labute approximate surface area is 151 Å². The van der Waals surface area contributed by atoms with E-state index in [2.05, 4.69) is 27.5 Å². The second-order valence-electron chi connectivity index (χ2n) is 6.57. The van der Waals surface area contributed by atoms with Crippen LogP contribution in [0.25, 0.3) is 10.9 Å². The predicted octanol–water partition coefficient (Wildman–Crippen LogP) is 0.888. The fourth-order valence-corrected chi connectivity index (χ4v) is 3.24. The summed E-state index contributed by atoms with van der Waals surface area (Å²) in [6, 6.07) is 8.97. The van der Waals surface area contributed by atoms with Gasteiger partial charge in [0.1, 0.15) is 5.69 Å². The first kappa shape index (κ1) is 18.0. The van der Waals surface area contributed by atoms with Crippen LogP contribution in [0, 0.1) is 5.92 Å². The lowest BCUT2D eigenvalue weighted by atomic mass is 9.97. The van der Waals surface area contributed by atoms with Gasteiger partial charge in [-0.2, -0.15) is 0 Å². The molecule has 1 aliphatic heterocycles. The topological polar surface area (TPSA) is 106 Å². The maximum absolute atomic E-state index is 12.2. The van der Waals surface area contributed by atoms with Crippen molar-refractivity contribution in [2.45, 2.75) is 18.9 Å². The van der Waals surface area contributed by atoms with E-state index in [0.29, 0.717) is 12.1 Å². The predicted molar refractivity (Wildman–Crippen MR) is 99.5 cm³/mol. The van der Waals surface area contributed by atoms with Crippen molar-refractivity contribution in [2.75, 3.05) is 19.7 Å². The summed E-state index contributed by atoms with van der Waals surface area (Å²) in [6.45, 7) is 4.53. The molecule has 0 saturated carbocycles. The van der Waals surface area contributed by atoms with E-state index in [1.54, 1.807) is 6.07 Å². The molecule has 138 valence electrons. The fourth-order valence-electron chi connectivity index (χ4n) is 3.24. The number of aromatic nitrogens is 1. The van der Waals surface area contributed by atoms with Gasteiger partial charge in [-0.15, -0.1) is 0 Å². The van der Waals surface area contributed by atoms with E-state index >= 15 is 0 Å². The molecule has 2 heterocycles. The van der Waals surface area contributed by atoms with Crippen molar-refractivity contribution in [1.29, 1.82) is 0 Å². The minimum absolute atomic E-state index is 0.144. The molecule has 2 atom stereocenters. The van der Waals surface area contributed by atoms with E-state index in [4.69, 9.17) is 0 Å². The molecule has 7 heteroatoms. The number of hydrogen-bond donors (Lipinski definition) is 5. The van der Waals surface area contributed by atoms with Gasteiger partial charge in [-0.1, -0.05) is 24.8 Å². The van der Waals surface area contributed by atoms with Crippen molar-refractivity contribution in [2.24, 2.45) is 5.92 Å². The van der Waals surface area contributed by atoms with Gasteiger partial charge >= 0.3 is 0 Å². The largest absolute Gasteiger partial charge is 0.394 e. The third-order valence-corrected chi connectivity index (χ3v) is 4.68. The lowest BCUT2D eigenvalue weighted by Gasteiger charge is -2.20. The molecule has 1 aromatic heterocycles. The Kier molecular flexibility index (Phi) is 5.58. The Hall–Kier alpha value is -2.80. The van der Waals surface area contributed by atoms with Gasteiger partial charge < -0.3 is 26.0 Å². The Bertz CT molecular complexity index is 781. The van der Waals surface area contributed by atoms with Crippen molar-refractivity contribution in [3.63, 3.8) is 0 Å². The number of benzene rings is 1. The van der Waals surface area contributed by atoms with Crippen LogP contribution < -0.4 is 16.0 Å². The Balaban J connectivity index is 1.49. The zero-order chi connectivity index (χ0) is 18.5. The zero-order valence-corrected chi connectivity index (χ0v) is 14.5. The van der Waals surface area contributed by atoms with E-state index < -0.39 is 0 Å². The Morgan fingerprint density at radius 2 is 2.15 bits per heavy atom. The number of H-pyrrole nitrogens is 1.